The Kier molecular flexibility index (Phi) is 5.41. The molecule has 8 nitrogen and oxygen atoms in total. The van der Waals surface area contributed by atoms with E-state index in [-0.39, 0.29) is 19.0 Å². The van der Waals surface area contributed by atoms with E-state index in [0.717, 1.165) is 6.20 Å². The molecule has 0 spiro atoms. The molecule has 0 aliphatic carbocycles. The second-order valence-corrected chi connectivity index (χ2v) is 5.36. The predicted molar refractivity (Wildman–Crippen MR) is 85.1 cm³/mol. The Morgan fingerprint density at radius 1 is 1.39 bits per heavy atom. The molecule has 1 amide bonds. The molecule has 2 aromatic rings. The number of carbonyl (C=O) groups excluding carboxylic acids is 1. The number of benzene rings is 1. The van der Waals surface area contributed by atoms with E-state index in [1.165, 1.54) is 22.8 Å². The molecule has 0 fully saturated rings. The standard InChI is InChI=1S/C13H12Cl2N4O4/c1-8-16-7-12(19(21)22)18(8)2-3-23-13(20)17-11-5-9(14)4-10(15)6-11/h4-7H,2-3H2,1H3,(H,17,20). The van der Waals surface area contributed by atoms with Crippen molar-refractivity contribution in [1.29, 1.82) is 0 Å². The summed E-state index contributed by atoms with van der Waals surface area (Å²) in [5, 5.41) is 14.0. The number of hydrogen-bond acceptors (Lipinski definition) is 5. The number of nitrogens with zero attached hydrogens (tertiary/aromatic N) is 3. The van der Waals surface area contributed by atoms with Crippen molar-refractivity contribution < 1.29 is 14.5 Å². The highest BCUT2D eigenvalue weighted by Crippen LogP contribution is 2.22. The number of nitrogens with one attached hydrogen (secondary N) is 1. The minimum absolute atomic E-state index is 0.0574. The number of hydrogen-bond donors (Lipinski definition) is 1. The van der Waals surface area contributed by atoms with Crippen molar-refractivity contribution in [2.24, 2.45) is 0 Å². The van der Waals surface area contributed by atoms with Gasteiger partial charge in [-0.05, 0) is 23.1 Å². The van der Waals surface area contributed by atoms with Crippen LogP contribution < -0.4 is 5.32 Å². The maximum atomic E-state index is 11.7. The van der Waals surface area contributed by atoms with Gasteiger partial charge < -0.3 is 14.9 Å². The lowest BCUT2D eigenvalue weighted by Gasteiger charge is -2.08. The normalized spacial score (nSPS) is 10.4. The highest BCUT2D eigenvalue weighted by atomic mass is 35.5. The Balaban J connectivity index is 1.90. The molecule has 0 radical (unpaired) electrons. The number of ether oxygens (including phenoxy) is 1. The lowest BCUT2D eigenvalue weighted by molar-refractivity contribution is -0.392. The summed E-state index contributed by atoms with van der Waals surface area (Å²) in [5.74, 6) is 0.301. The van der Waals surface area contributed by atoms with Crippen molar-refractivity contribution in [1.82, 2.24) is 9.55 Å². The van der Waals surface area contributed by atoms with Gasteiger partial charge in [-0.2, -0.15) is 0 Å². The van der Waals surface area contributed by atoms with Crippen LogP contribution in [-0.2, 0) is 11.3 Å². The summed E-state index contributed by atoms with van der Waals surface area (Å²) in [5.41, 5.74) is 0.386. The zero-order valence-corrected chi connectivity index (χ0v) is 13.5. The molecule has 1 N–H and O–H groups in total. The Hall–Kier alpha value is -2.32. The van der Waals surface area contributed by atoms with E-state index in [1.54, 1.807) is 6.92 Å². The second-order valence-electron chi connectivity index (χ2n) is 4.49. The van der Waals surface area contributed by atoms with E-state index in [4.69, 9.17) is 27.9 Å². The summed E-state index contributed by atoms with van der Waals surface area (Å²) in [4.78, 5) is 25.8. The van der Waals surface area contributed by atoms with E-state index in [1.807, 2.05) is 0 Å². The third kappa shape index (κ3) is 4.57. The van der Waals surface area contributed by atoms with E-state index in [9.17, 15) is 14.9 Å². The average Bonchev–Trinajstić information content (AvgIpc) is 2.79. The molecule has 0 saturated heterocycles. The average molecular weight is 359 g/mol. The predicted octanol–water partition coefficient (Wildman–Crippen LogP) is 3.66. The fourth-order valence-corrected chi connectivity index (χ4v) is 2.41. The number of halogens is 2. The van der Waals surface area contributed by atoms with Crippen LogP contribution in [0, 0.1) is 17.0 Å². The van der Waals surface area contributed by atoms with Crippen LogP contribution in [0.2, 0.25) is 10.0 Å². The summed E-state index contributed by atoms with van der Waals surface area (Å²) in [6, 6.07) is 4.56. The fraction of sp³-hybridized carbons (Fsp3) is 0.231. The van der Waals surface area contributed by atoms with Crippen molar-refractivity contribution in [3.05, 3.63) is 50.4 Å². The highest BCUT2D eigenvalue weighted by molar-refractivity contribution is 6.35. The van der Waals surface area contributed by atoms with Gasteiger partial charge in [-0.1, -0.05) is 23.2 Å². The minimum Gasteiger partial charge on any atom is -0.445 e. The molecular formula is C13H12Cl2N4O4. The van der Waals surface area contributed by atoms with Crippen molar-refractivity contribution in [3.63, 3.8) is 0 Å². The third-order valence-electron chi connectivity index (χ3n) is 2.88. The fourth-order valence-electron chi connectivity index (χ4n) is 1.89. The van der Waals surface area contributed by atoms with Crippen LogP contribution >= 0.6 is 23.2 Å². The number of anilines is 1. The number of amides is 1. The summed E-state index contributed by atoms with van der Waals surface area (Å²) in [6.45, 7) is 1.69. The number of rotatable bonds is 5. The molecule has 0 bridgehead atoms. The van der Waals surface area contributed by atoms with Crippen LogP contribution in [0.4, 0.5) is 16.3 Å². The Morgan fingerprint density at radius 3 is 2.65 bits per heavy atom. The van der Waals surface area contributed by atoms with Crippen LogP contribution in [0.1, 0.15) is 5.82 Å². The van der Waals surface area contributed by atoms with Gasteiger partial charge in [0.2, 0.25) is 0 Å². The number of aromatic nitrogens is 2. The second kappa shape index (κ2) is 7.30. The van der Waals surface area contributed by atoms with Crippen LogP contribution in [0.5, 0.6) is 0 Å². The molecule has 2 rings (SSSR count). The summed E-state index contributed by atoms with van der Waals surface area (Å²) < 4.78 is 6.33. The summed E-state index contributed by atoms with van der Waals surface area (Å²) >= 11 is 11.6. The molecule has 23 heavy (non-hydrogen) atoms. The molecule has 1 aromatic heterocycles. The van der Waals surface area contributed by atoms with Crippen LogP contribution in [0.15, 0.2) is 24.4 Å². The monoisotopic (exact) mass is 358 g/mol. The third-order valence-corrected chi connectivity index (χ3v) is 3.31. The van der Waals surface area contributed by atoms with Gasteiger partial charge in [0.05, 0.1) is 0 Å². The van der Waals surface area contributed by atoms with Gasteiger partial charge in [-0.25, -0.2) is 14.3 Å². The molecule has 0 aliphatic rings. The van der Waals surface area contributed by atoms with Crippen LogP contribution in [0.3, 0.4) is 0 Å². The first kappa shape index (κ1) is 17.0. The molecular weight excluding hydrogens is 347 g/mol. The van der Waals surface area contributed by atoms with Crippen molar-refractivity contribution in [2.75, 3.05) is 11.9 Å². The summed E-state index contributed by atoms with van der Waals surface area (Å²) in [7, 11) is 0. The molecule has 1 heterocycles. The number of aryl methyl sites for hydroxylation is 1. The van der Waals surface area contributed by atoms with Gasteiger partial charge >= 0.3 is 11.9 Å². The largest absolute Gasteiger partial charge is 0.445 e. The zero-order valence-electron chi connectivity index (χ0n) is 12.0. The van der Waals surface area contributed by atoms with Crippen molar-refractivity contribution in [2.45, 2.75) is 13.5 Å². The zero-order chi connectivity index (χ0) is 17.0. The molecule has 0 aliphatic heterocycles. The molecule has 0 unspecified atom stereocenters. The number of imidazole rings is 1. The van der Waals surface area contributed by atoms with Gasteiger partial charge in [-0.15, -0.1) is 0 Å². The van der Waals surface area contributed by atoms with Gasteiger partial charge in [-0.3, -0.25) is 5.32 Å². The quantitative estimate of drug-likeness (QED) is 0.649. The number of nitro groups is 1. The van der Waals surface area contributed by atoms with Crippen LogP contribution in [-0.4, -0.2) is 27.2 Å². The first-order valence-electron chi connectivity index (χ1n) is 6.43. The van der Waals surface area contributed by atoms with Gasteiger partial charge in [0.25, 0.3) is 0 Å². The topological polar surface area (TPSA) is 99.3 Å². The lowest BCUT2D eigenvalue weighted by atomic mass is 10.3. The van der Waals surface area contributed by atoms with Crippen LogP contribution in [0.25, 0.3) is 0 Å². The van der Waals surface area contributed by atoms with E-state index >= 15 is 0 Å². The van der Waals surface area contributed by atoms with Gasteiger partial charge in [0.1, 0.15) is 19.3 Å². The Bertz CT molecular complexity index is 727. The van der Waals surface area contributed by atoms with E-state index < -0.39 is 11.0 Å². The lowest BCUT2D eigenvalue weighted by Crippen LogP contribution is -2.18. The van der Waals surface area contributed by atoms with E-state index in [0.29, 0.717) is 21.6 Å². The molecule has 0 atom stereocenters. The van der Waals surface area contributed by atoms with Crippen molar-refractivity contribution in [3.8, 4) is 0 Å². The SMILES string of the molecule is Cc1ncc([N+](=O)[O-])n1CCOC(=O)Nc1cc(Cl)cc(Cl)c1. The van der Waals surface area contributed by atoms with Crippen molar-refractivity contribution >= 4 is 40.8 Å². The molecule has 122 valence electrons. The molecule has 1 aromatic carbocycles. The Labute approximate surface area is 141 Å². The maximum Gasteiger partial charge on any atom is 0.411 e. The first-order valence-corrected chi connectivity index (χ1v) is 7.19. The first-order chi connectivity index (χ1) is 10.9. The van der Waals surface area contributed by atoms with E-state index in [2.05, 4.69) is 10.3 Å². The smallest absolute Gasteiger partial charge is 0.411 e. The highest BCUT2D eigenvalue weighted by Gasteiger charge is 2.17. The molecule has 10 heteroatoms. The van der Waals surface area contributed by atoms with Gasteiger partial charge in [0, 0.05) is 22.7 Å². The minimum atomic E-state index is -0.719. The maximum absolute atomic E-state index is 11.7. The molecule has 0 saturated carbocycles. The summed E-state index contributed by atoms with van der Waals surface area (Å²) in [6.07, 6.45) is 0.437. The Morgan fingerprint density at radius 2 is 2.04 bits per heavy atom. The van der Waals surface area contributed by atoms with Gasteiger partial charge in [0.15, 0.2) is 5.82 Å². The number of carbonyl (C=O) groups is 1.